The van der Waals surface area contributed by atoms with E-state index in [-0.39, 0.29) is 5.56 Å². The molecule has 2 rings (SSSR count). The lowest BCUT2D eigenvalue weighted by Gasteiger charge is -2.08. The third kappa shape index (κ3) is 3.48. The van der Waals surface area contributed by atoms with Gasteiger partial charge in [0.25, 0.3) is 0 Å². The maximum atomic E-state index is 10.9. The molecule has 0 aliphatic carbocycles. The summed E-state index contributed by atoms with van der Waals surface area (Å²) in [6.07, 6.45) is 0. The van der Waals surface area contributed by atoms with E-state index < -0.39 is 5.97 Å². The fraction of sp³-hybridized carbons (Fsp3) is 0.133. The van der Waals surface area contributed by atoms with Crippen LogP contribution in [0.1, 0.15) is 15.9 Å². The molecule has 0 saturated carbocycles. The van der Waals surface area contributed by atoms with Crippen LogP contribution in [-0.2, 0) is 6.61 Å². The van der Waals surface area contributed by atoms with Gasteiger partial charge >= 0.3 is 5.97 Å². The molecule has 0 aliphatic heterocycles. The van der Waals surface area contributed by atoms with E-state index in [0.29, 0.717) is 12.4 Å². The van der Waals surface area contributed by atoms with Crippen LogP contribution in [-0.4, -0.2) is 18.2 Å². The summed E-state index contributed by atoms with van der Waals surface area (Å²) in [5.41, 5.74) is 1.06. The van der Waals surface area contributed by atoms with E-state index >= 15 is 0 Å². The lowest BCUT2D eigenvalue weighted by Crippen LogP contribution is -2.00. The number of carboxylic acid groups (broad SMARTS) is 1. The largest absolute Gasteiger partial charge is 0.497 e. The summed E-state index contributed by atoms with van der Waals surface area (Å²) in [6.45, 7) is 0.314. The summed E-state index contributed by atoms with van der Waals surface area (Å²) in [6, 6.07) is 13.9. The van der Waals surface area contributed by atoms with Gasteiger partial charge < -0.3 is 14.6 Å². The molecule has 0 heterocycles. The Balaban J connectivity index is 2.05. The topological polar surface area (TPSA) is 55.8 Å². The van der Waals surface area contributed by atoms with Crippen molar-refractivity contribution < 1.29 is 19.4 Å². The van der Waals surface area contributed by atoms with Crippen molar-refractivity contribution >= 4 is 5.97 Å². The van der Waals surface area contributed by atoms with Crippen LogP contribution in [0.5, 0.6) is 11.5 Å². The molecule has 19 heavy (non-hydrogen) atoms. The van der Waals surface area contributed by atoms with Gasteiger partial charge in [0.2, 0.25) is 0 Å². The molecule has 0 atom stereocenters. The molecular formula is C15H14O4. The molecule has 4 heteroatoms. The fourth-order valence-corrected chi connectivity index (χ4v) is 1.65. The van der Waals surface area contributed by atoms with Crippen LogP contribution in [0.25, 0.3) is 0 Å². The molecule has 0 fully saturated rings. The minimum atomic E-state index is -0.941. The summed E-state index contributed by atoms with van der Waals surface area (Å²) in [4.78, 5) is 10.9. The number of carboxylic acids is 1. The Morgan fingerprint density at radius 1 is 1.11 bits per heavy atom. The second-order valence-electron chi connectivity index (χ2n) is 3.97. The quantitative estimate of drug-likeness (QED) is 0.895. The Morgan fingerprint density at radius 2 is 1.84 bits per heavy atom. The molecule has 0 spiro atoms. The molecule has 0 amide bonds. The zero-order valence-corrected chi connectivity index (χ0v) is 10.5. The van der Waals surface area contributed by atoms with Crippen molar-refractivity contribution in [3.05, 3.63) is 59.7 Å². The molecule has 2 aromatic carbocycles. The van der Waals surface area contributed by atoms with Crippen LogP contribution < -0.4 is 9.47 Å². The third-order valence-corrected chi connectivity index (χ3v) is 2.62. The van der Waals surface area contributed by atoms with Crippen LogP contribution >= 0.6 is 0 Å². The minimum Gasteiger partial charge on any atom is -0.497 e. The van der Waals surface area contributed by atoms with Crippen LogP contribution in [0.4, 0.5) is 0 Å². The molecule has 0 bridgehead atoms. The van der Waals surface area contributed by atoms with E-state index in [1.165, 1.54) is 0 Å². The zero-order chi connectivity index (χ0) is 13.7. The molecule has 1 N–H and O–H groups in total. The maximum Gasteiger partial charge on any atom is 0.335 e. The molecule has 2 aromatic rings. The van der Waals surface area contributed by atoms with Crippen molar-refractivity contribution in [3.8, 4) is 11.5 Å². The van der Waals surface area contributed by atoms with Crippen LogP contribution in [0.2, 0.25) is 0 Å². The first-order valence-electron chi connectivity index (χ1n) is 5.78. The number of hydrogen-bond acceptors (Lipinski definition) is 3. The molecule has 0 aromatic heterocycles. The Bertz CT molecular complexity index is 578. The Morgan fingerprint density at radius 3 is 2.58 bits per heavy atom. The monoisotopic (exact) mass is 258 g/mol. The molecule has 0 saturated heterocycles. The lowest BCUT2D eigenvalue weighted by molar-refractivity contribution is 0.0696. The van der Waals surface area contributed by atoms with Gasteiger partial charge in [0.15, 0.2) is 0 Å². The predicted molar refractivity (Wildman–Crippen MR) is 70.7 cm³/mol. The number of carbonyl (C=O) groups is 1. The summed E-state index contributed by atoms with van der Waals surface area (Å²) in [5.74, 6) is 0.458. The number of rotatable bonds is 5. The second kappa shape index (κ2) is 5.91. The van der Waals surface area contributed by atoms with Crippen LogP contribution in [0.3, 0.4) is 0 Å². The van der Waals surface area contributed by atoms with Crippen molar-refractivity contribution in [1.82, 2.24) is 0 Å². The molecule has 4 nitrogen and oxygen atoms in total. The van der Waals surface area contributed by atoms with Gasteiger partial charge in [0, 0.05) is 6.07 Å². The van der Waals surface area contributed by atoms with Crippen molar-refractivity contribution in [2.24, 2.45) is 0 Å². The van der Waals surface area contributed by atoms with E-state index in [2.05, 4.69) is 0 Å². The van der Waals surface area contributed by atoms with Crippen molar-refractivity contribution in [2.75, 3.05) is 7.11 Å². The zero-order valence-electron chi connectivity index (χ0n) is 10.5. The number of ether oxygens (including phenoxy) is 2. The fourth-order valence-electron chi connectivity index (χ4n) is 1.65. The second-order valence-corrected chi connectivity index (χ2v) is 3.97. The Hall–Kier alpha value is -2.49. The van der Waals surface area contributed by atoms with Crippen molar-refractivity contribution in [2.45, 2.75) is 6.61 Å². The average Bonchev–Trinajstić information content (AvgIpc) is 2.45. The summed E-state index contributed by atoms with van der Waals surface area (Å²) >= 11 is 0. The van der Waals surface area contributed by atoms with Gasteiger partial charge in [-0.3, -0.25) is 0 Å². The van der Waals surface area contributed by atoms with Gasteiger partial charge in [-0.25, -0.2) is 4.79 Å². The van der Waals surface area contributed by atoms with E-state index in [0.717, 1.165) is 11.3 Å². The average molecular weight is 258 g/mol. The van der Waals surface area contributed by atoms with E-state index in [4.69, 9.17) is 14.6 Å². The van der Waals surface area contributed by atoms with Crippen LogP contribution in [0.15, 0.2) is 48.5 Å². The first kappa shape index (κ1) is 13.0. The Labute approximate surface area is 111 Å². The first-order valence-corrected chi connectivity index (χ1v) is 5.78. The third-order valence-electron chi connectivity index (χ3n) is 2.62. The molecule has 98 valence electrons. The highest BCUT2D eigenvalue weighted by molar-refractivity contribution is 5.87. The van der Waals surface area contributed by atoms with Gasteiger partial charge in [-0.05, 0) is 29.8 Å². The standard InChI is InChI=1S/C15H14O4/c1-18-13-6-3-7-14(9-13)19-10-11-4-2-5-12(8-11)15(16)17/h2-9H,10H2,1H3,(H,16,17). The number of hydrogen-bond donors (Lipinski definition) is 1. The van der Waals surface area contributed by atoms with Crippen molar-refractivity contribution in [1.29, 1.82) is 0 Å². The molecule has 0 aliphatic rings. The van der Waals surface area contributed by atoms with Crippen molar-refractivity contribution in [3.63, 3.8) is 0 Å². The Kier molecular flexibility index (Phi) is 4.03. The highest BCUT2D eigenvalue weighted by atomic mass is 16.5. The molecular weight excluding hydrogens is 244 g/mol. The molecule has 0 radical (unpaired) electrons. The smallest absolute Gasteiger partial charge is 0.335 e. The lowest BCUT2D eigenvalue weighted by atomic mass is 10.1. The van der Waals surface area contributed by atoms with Gasteiger partial charge in [0.1, 0.15) is 18.1 Å². The summed E-state index contributed by atoms with van der Waals surface area (Å²) in [7, 11) is 1.59. The van der Waals surface area contributed by atoms with Crippen LogP contribution in [0, 0.1) is 0 Å². The predicted octanol–water partition coefficient (Wildman–Crippen LogP) is 2.97. The highest BCUT2D eigenvalue weighted by Gasteiger charge is 2.04. The minimum absolute atomic E-state index is 0.256. The summed E-state index contributed by atoms with van der Waals surface area (Å²) in [5, 5.41) is 8.91. The van der Waals surface area contributed by atoms with Gasteiger partial charge in [-0.2, -0.15) is 0 Å². The number of methoxy groups -OCH3 is 1. The summed E-state index contributed by atoms with van der Waals surface area (Å²) < 4.78 is 10.7. The van der Waals surface area contributed by atoms with E-state index in [1.807, 2.05) is 24.3 Å². The number of aromatic carboxylic acids is 1. The van der Waals surface area contributed by atoms with Gasteiger partial charge in [0.05, 0.1) is 12.7 Å². The first-order chi connectivity index (χ1) is 9.19. The van der Waals surface area contributed by atoms with Gasteiger partial charge in [-0.15, -0.1) is 0 Å². The van der Waals surface area contributed by atoms with E-state index in [9.17, 15) is 4.79 Å². The normalized spacial score (nSPS) is 9.95. The SMILES string of the molecule is COc1cccc(OCc2cccc(C(=O)O)c2)c1. The number of benzene rings is 2. The maximum absolute atomic E-state index is 10.9. The molecule has 0 unspecified atom stereocenters. The van der Waals surface area contributed by atoms with Gasteiger partial charge in [-0.1, -0.05) is 18.2 Å². The highest BCUT2D eigenvalue weighted by Crippen LogP contribution is 2.20. The van der Waals surface area contributed by atoms with E-state index in [1.54, 1.807) is 31.4 Å².